The molecule has 0 fully saturated rings. The fourth-order valence-electron chi connectivity index (χ4n) is 3.70. The number of thiazole rings is 1. The topological polar surface area (TPSA) is 79.9 Å². The molecule has 0 saturated heterocycles. The van der Waals surface area contributed by atoms with Crippen molar-refractivity contribution in [3.05, 3.63) is 69.6 Å². The number of carbonyl (C=O) groups excluding carboxylic acids is 1. The van der Waals surface area contributed by atoms with E-state index in [-0.39, 0.29) is 16.5 Å². The van der Waals surface area contributed by atoms with Gasteiger partial charge in [-0.2, -0.15) is 0 Å². The Morgan fingerprint density at radius 2 is 2.06 bits per heavy atom. The Morgan fingerprint density at radius 1 is 1.25 bits per heavy atom. The third-order valence-electron chi connectivity index (χ3n) is 5.21. The monoisotopic (exact) mass is 468 g/mol. The molecule has 0 saturated carbocycles. The molecule has 4 aromatic rings. The third-order valence-corrected chi connectivity index (χ3v) is 6.40. The van der Waals surface area contributed by atoms with E-state index in [9.17, 15) is 9.18 Å². The molecular weight excluding hydrogens is 451 g/mol. The molecule has 5 rings (SSSR count). The normalized spacial score (nSPS) is 13.8. The van der Waals surface area contributed by atoms with Gasteiger partial charge in [-0.05, 0) is 51.1 Å². The second-order valence-corrected chi connectivity index (χ2v) is 9.24. The average Bonchev–Trinajstić information content (AvgIpc) is 3.34. The first-order valence-corrected chi connectivity index (χ1v) is 11.1. The highest BCUT2D eigenvalue weighted by Crippen LogP contribution is 2.45. The number of rotatable bonds is 3. The standard InChI is InChI=1S/C23H18ClFN4O2S/c1-11-10-32-22(26-11)29-21(30)12-7-8-13-16(9-12)31-23(2,3)19-18(13)27-20(28-19)17-14(24)5-4-6-15(17)25/h4-10H,1-3H3,(H,27,28)(H,26,29,30). The van der Waals surface area contributed by atoms with Crippen LogP contribution in [0.25, 0.3) is 22.6 Å². The summed E-state index contributed by atoms with van der Waals surface area (Å²) in [5.41, 5.74) is 2.74. The molecule has 0 radical (unpaired) electrons. The Hall–Kier alpha value is -3.23. The van der Waals surface area contributed by atoms with Crippen molar-refractivity contribution in [2.24, 2.45) is 0 Å². The fraction of sp³-hybridized carbons (Fsp3) is 0.174. The zero-order valence-corrected chi connectivity index (χ0v) is 19.0. The molecule has 1 aliphatic heterocycles. The molecule has 3 heterocycles. The maximum Gasteiger partial charge on any atom is 0.257 e. The second kappa shape index (κ2) is 7.43. The number of halogens is 2. The Labute approximate surface area is 192 Å². The highest BCUT2D eigenvalue weighted by atomic mass is 35.5. The van der Waals surface area contributed by atoms with Gasteiger partial charge in [0.1, 0.15) is 23.0 Å². The van der Waals surface area contributed by atoms with Crippen LogP contribution in [0, 0.1) is 12.7 Å². The molecule has 0 spiro atoms. The number of fused-ring (bicyclic) bond motifs is 3. The summed E-state index contributed by atoms with van der Waals surface area (Å²) < 4.78 is 20.7. The number of nitrogens with zero attached hydrogens (tertiary/aromatic N) is 2. The van der Waals surface area contributed by atoms with Crippen molar-refractivity contribution < 1.29 is 13.9 Å². The van der Waals surface area contributed by atoms with Crippen LogP contribution in [0.4, 0.5) is 9.52 Å². The Morgan fingerprint density at radius 3 is 2.78 bits per heavy atom. The summed E-state index contributed by atoms with van der Waals surface area (Å²) in [6, 6.07) is 9.66. The molecular formula is C23H18ClFN4O2S. The molecule has 6 nitrogen and oxygen atoms in total. The summed E-state index contributed by atoms with van der Waals surface area (Å²) in [4.78, 5) is 24.8. The number of amides is 1. The molecule has 0 unspecified atom stereocenters. The maximum atomic E-state index is 14.5. The quantitative estimate of drug-likeness (QED) is 0.376. The van der Waals surface area contributed by atoms with Gasteiger partial charge in [-0.3, -0.25) is 10.1 Å². The lowest BCUT2D eigenvalue weighted by Gasteiger charge is -2.32. The Kier molecular flexibility index (Phi) is 4.79. The number of aromatic amines is 1. The van der Waals surface area contributed by atoms with Crippen molar-refractivity contribution in [3.63, 3.8) is 0 Å². The molecule has 2 aromatic carbocycles. The van der Waals surface area contributed by atoms with Gasteiger partial charge in [-0.15, -0.1) is 11.3 Å². The molecule has 1 amide bonds. The van der Waals surface area contributed by atoms with Crippen LogP contribution in [0.15, 0.2) is 41.8 Å². The summed E-state index contributed by atoms with van der Waals surface area (Å²) in [5, 5.41) is 5.46. The van der Waals surface area contributed by atoms with Gasteiger partial charge in [-0.1, -0.05) is 17.7 Å². The van der Waals surface area contributed by atoms with Gasteiger partial charge in [-0.25, -0.2) is 14.4 Å². The van der Waals surface area contributed by atoms with Crippen LogP contribution in [0.1, 0.15) is 35.6 Å². The summed E-state index contributed by atoms with van der Waals surface area (Å²) in [7, 11) is 0. The third kappa shape index (κ3) is 3.45. The predicted octanol–water partition coefficient (Wildman–Crippen LogP) is 6.18. The van der Waals surface area contributed by atoms with Crippen molar-refractivity contribution in [1.29, 1.82) is 0 Å². The van der Waals surface area contributed by atoms with Gasteiger partial charge < -0.3 is 9.72 Å². The van der Waals surface area contributed by atoms with E-state index < -0.39 is 11.4 Å². The van der Waals surface area contributed by atoms with Crippen molar-refractivity contribution in [2.45, 2.75) is 26.4 Å². The number of aryl methyl sites for hydroxylation is 1. The highest BCUT2D eigenvalue weighted by Gasteiger charge is 2.37. The summed E-state index contributed by atoms with van der Waals surface area (Å²) in [6.45, 7) is 5.63. The van der Waals surface area contributed by atoms with Crippen LogP contribution in [0.5, 0.6) is 5.75 Å². The predicted molar refractivity (Wildman–Crippen MR) is 123 cm³/mol. The minimum Gasteiger partial charge on any atom is -0.481 e. The molecule has 2 aromatic heterocycles. The largest absolute Gasteiger partial charge is 0.481 e. The van der Waals surface area contributed by atoms with Crippen molar-refractivity contribution >= 4 is 34.0 Å². The number of hydrogen-bond donors (Lipinski definition) is 2. The Bertz CT molecular complexity index is 1360. The van der Waals surface area contributed by atoms with E-state index >= 15 is 0 Å². The SMILES string of the molecule is Cc1csc(NC(=O)c2ccc3c(c2)OC(C)(C)c2[nH]c(-c4c(F)cccc4Cl)nc2-3)n1. The highest BCUT2D eigenvalue weighted by molar-refractivity contribution is 7.13. The zero-order valence-electron chi connectivity index (χ0n) is 17.4. The zero-order chi connectivity index (χ0) is 22.6. The smallest absolute Gasteiger partial charge is 0.257 e. The Balaban J connectivity index is 1.55. The fourth-order valence-corrected chi connectivity index (χ4v) is 4.63. The first-order valence-electron chi connectivity index (χ1n) is 9.85. The van der Waals surface area contributed by atoms with Crippen LogP contribution >= 0.6 is 22.9 Å². The maximum absolute atomic E-state index is 14.5. The lowest BCUT2D eigenvalue weighted by Crippen LogP contribution is -2.29. The first kappa shape index (κ1) is 20.7. The summed E-state index contributed by atoms with van der Waals surface area (Å²) in [5.74, 6) is 0.0916. The number of carbonyl (C=O) groups is 1. The van der Waals surface area contributed by atoms with E-state index in [0.29, 0.717) is 39.2 Å². The molecule has 0 atom stereocenters. The van der Waals surface area contributed by atoms with Crippen LogP contribution in [-0.4, -0.2) is 20.9 Å². The number of anilines is 1. The number of imidazole rings is 1. The molecule has 1 aliphatic rings. The molecule has 0 aliphatic carbocycles. The van der Waals surface area contributed by atoms with Gasteiger partial charge in [0.25, 0.3) is 5.91 Å². The van der Waals surface area contributed by atoms with E-state index in [4.69, 9.17) is 16.3 Å². The lowest BCUT2D eigenvalue weighted by atomic mass is 9.94. The average molecular weight is 469 g/mol. The van der Waals surface area contributed by atoms with E-state index in [2.05, 4.69) is 20.3 Å². The van der Waals surface area contributed by atoms with E-state index in [1.54, 1.807) is 30.3 Å². The van der Waals surface area contributed by atoms with Crippen molar-refractivity contribution in [1.82, 2.24) is 15.0 Å². The minimum atomic E-state index is -0.785. The molecule has 2 N–H and O–H groups in total. The van der Waals surface area contributed by atoms with Crippen molar-refractivity contribution in [2.75, 3.05) is 5.32 Å². The summed E-state index contributed by atoms with van der Waals surface area (Å²) >= 11 is 7.61. The van der Waals surface area contributed by atoms with Crippen molar-refractivity contribution in [3.8, 4) is 28.4 Å². The molecule has 0 bridgehead atoms. The van der Waals surface area contributed by atoms with Gasteiger partial charge in [0, 0.05) is 16.5 Å². The molecule has 162 valence electrons. The van der Waals surface area contributed by atoms with Crippen LogP contribution in [0.3, 0.4) is 0 Å². The van der Waals surface area contributed by atoms with Crippen LogP contribution in [0.2, 0.25) is 5.02 Å². The van der Waals surface area contributed by atoms with Gasteiger partial charge in [0.15, 0.2) is 5.13 Å². The number of benzene rings is 2. The number of aromatic nitrogens is 3. The van der Waals surface area contributed by atoms with E-state index in [0.717, 1.165) is 5.69 Å². The van der Waals surface area contributed by atoms with E-state index in [1.165, 1.54) is 17.4 Å². The number of nitrogens with one attached hydrogen (secondary N) is 2. The molecule has 9 heteroatoms. The number of ether oxygens (including phenoxy) is 1. The molecule has 32 heavy (non-hydrogen) atoms. The van der Waals surface area contributed by atoms with Gasteiger partial charge in [0.2, 0.25) is 0 Å². The van der Waals surface area contributed by atoms with Gasteiger partial charge in [0.05, 0.1) is 27.7 Å². The van der Waals surface area contributed by atoms with Crippen LogP contribution < -0.4 is 10.1 Å². The lowest BCUT2D eigenvalue weighted by molar-refractivity contribution is 0.0985. The first-order chi connectivity index (χ1) is 15.2. The van der Waals surface area contributed by atoms with E-state index in [1.807, 2.05) is 26.2 Å². The summed E-state index contributed by atoms with van der Waals surface area (Å²) in [6.07, 6.45) is 0. The van der Waals surface area contributed by atoms with Gasteiger partial charge >= 0.3 is 0 Å². The number of H-pyrrole nitrogens is 1. The van der Waals surface area contributed by atoms with Crippen LogP contribution in [-0.2, 0) is 5.60 Å². The second-order valence-electron chi connectivity index (χ2n) is 7.98. The minimum absolute atomic E-state index is 0.204. The number of hydrogen-bond acceptors (Lipinski definition) is 5.